The van der Waals surface area contributed by atoms with Gasteiger partial charge in [-0.3, -0.25) is 9.80 Å². The van der Waals surface area contributed by atoms with Gasteiger partial charge in [0, 0.05) is 50.9 Å². The third kappa shape index (κ3) is 6.29. The molecule has 1 aromatic rings. The van der Waals surface area contributed by atoms with Gasteiger partial charge in [-0.25, -0.2) is 0 Å². The zero-order chi connectivity index (χ0) is 20.6. The van der Waals surface area contributed by atoms with Gasteiger partial charge >= 0.3 is 0 Å². The maximum Gasteiger partial charge on any atom is 0.118 e. The topological polar surface area (TPSA) is 39.2 Å². The Kier molecular flexibility index (Phi) is 8.54. The molecule has 0 spiro atoms. The standard InChI is InChI=1S/C24H39N3O2/c1-20(2)26-14-10-22(11-15-26)27-17-16-25(19-23(27)12-18-28)13-4-5-21-6-8-24(29-3)9-7-21/h4-9,20,22-23,28H,10-19H2,1-3H3/b5-4+/t23-/m0/s1. The maximum atomic E-state index is 9.63. The SMILES string of the molecule is COc1ccc(/C=C/CN2CCN(C3CCN(C(C)C)CC3)[C@@H](CCO)C2)cc1. The Hall–Kier alpha value is -1.40. The first kappa shape index (κ1) is 22.3. The average Bonchev–Trinajstić information content (AvgIpc) is 2.75. The van der Waals surface area contributed by atoms with Crippen LogP contribution in [0, 0.1) is 0 Å². The van der Waals surface area contributed by atoms with E-state index < -0.39 is 0 Å². The molecule has 1 N–H and O–H groups in total. The van der Waals surface area contributed by atoms with Crippen molar-refractivity contribution in [1.82, 2.24) is 14.7 Å². The average molecular weight is 402 g/mol. The number of likely N-dealkylation sites (tertiary alicyclic amines) is 1. The summed E-state index contributed by atoms with van der Waals surface area (Å²) in [4.78, 5) is 7.83. The third-order valence-electron chi connectivity index (χ3n) is 6.56. The molecule has 5 heteroatoms. The zero-order valence-corrected chi connectivity index (χ0v) is 18.5. The predicted molar refractivity (Wildman–Crippen MR) is 120 cm³/mol. The normalized spacial score (nSPS) is 23.3. The second kappa shape index (κ2) is 11.1. The van der Waals surface area contributed by atoms with E-state index in [1.165, 1.54) is 31.5 Å². The molecular formula is C24H39N3O2. The minimum Gasteiger partial charge on any atom is -0.497 e. The van der Waals surface area contributed by atoms with Crippen molar-refractivity contribution in [3.8, 4) is 5.75 Å². The summed E-state index contributed by atoms with van der Waals surface area (Å²) in [5, 5.41) is 9.63. The number of aliphatic hydroxyl groups excluding tert-OH is 1. The fourth-order valence-corrected chi connectivity index (χ4v) is 4.77. The Bertz CT molecular complexity index is 624. The van der Waals surface area contributed by atoms with Gasteiger partial charge in [-0.05, 0) is 63.9 Å². The Balaban J connectivity index is 1.51. The number of hydrogen-bond acceptors (Lipinski definition) is 5. The molecule has 5 nitrogen and oxygen atoms in total. The maximum absolute atomic E-state index is 9.63. The molecule has 0 bridgehead atoms. The van der Waals surface area contributed by atoms with Crippen LogP contribution in [0.1, 0.15) is 38.7 Å². The van der Waals surface area contributed by atoms with Gasteiger partial charge in [0.1, 0.15) is 5.75 Å². The van der Waals surface area contributed by atoms with Gasteiger partial charge in [-0.1, -0.05) is 24.3 Å². The van der Waals surface area contributed by atoms with Crippen LogP contribution in [0.4, 0.5) is 0 Å². The fraction of sp³-hybridized carbons (Fsp3) is 0.667. The van der Waals surface area contributed by atoms with Gasteiger partial charge in [0.05, 0.1) is 7.11 Å². The van der Waals surface area contributed by atoms with Crippen LogP contribution in [0.2, 0.25) is 0 Å². The van der Waals surface area contributed by atoms with Gasteiger partial charge in [-0.2, -0.15) is 0 Å². The molecule has 2 heterocycles. The lowest BCUT2D eigenvalue weighted by atomic mass is 9.97. The van der Waals surface area contributed by atoms with E-state index in [1.807, 2.05) is 12.1 Å². The predicted octanol–water partition coefficient (Wildman–Crippen LogP) is 2.95. The molecule has 2 aliphatic rings. The van der Waals surface area contributed by atoms with E-state index >= 15 is 0 Å². The molecule has 0 unspecified atom stereocenters. The van der Waals surface area contributed by atoms with Crippen LogP contribution in [-0.2, 0) is 0 Å². The fourth-order valence-electron chi connectivity index (χ4n) is 4.77. The number of hydrogen-bond donors (Lipinski definition) is 1. The largest absolute Gasteiger partial charge is 0.497 e. The second-order valence-electron chi connectivity index (χ2n) is 8.70. The number of ether oxygens (including phenoxy) is 1. The van der Waals surface area contributed by atoms with Crippen LogP contribution < -0.4 is 4.74 Å². The molecule has 0 aromatic heterocycles. The molecule has 2 aliphatic heterocycles. The summed E-state index contributed by atoms with van der Waals surface area (Å²) in [7, 11) is 1.70. The van der Waals surface area contributed by atoms with E-state index in [2.05, 4.69) is 52.8 Å². The second-order valence-corrected chi connectivity index (χ2v) is 8.70. The van der Waals surface area contributed by atoms with Crippen LogP contribution in [0.25, 0.3) is 6.08 Å². The molecule has 2 saturated heterocycles. The van der Waals surface area contributed by atoms with Crippen molar-refractivity contribution in [3.05, 3.63) is 35.9 Å². The molecule has 2 fully saturated rings. The van der Waals surface area contributed by atoms with E-state index in [0.29, 0.717) is 18.1 Å². The van der Waals surface area contributed by atoms with Gasteiger partial charge in [-0.15, -0.1) is 0 Å². The molecular weight excluding hydrogens is 362 g/mol. The summed E-state index contributed by atoms with van der Waals surface area (Å²) in [6.07, 6.45) is 7.85. The van der Waals surface area contributed by atoms with Crippen LogP contribution in [0.3, 0.4) is 0 Å². The first-order valence-electron chi connectivity index (χ1n) is 11.2. The number of benzene rings is 1. The number of piperidine rings is 1. The lowest BCUT2D eigenvalue weighted by molar-refractivity contribution is 0.00552. The number of rotatable bonds is 8. The number of aliphatic hydroxyl groups is 1. The highest BCUT2D eigenvalue weighted by molar-refractivity contribution is 5.50. The summed E-state index contributed by atoms with van der Waals surface area (Å²) in [5.41, 5.74) is 1.20. The van der Waals surface area contributed by atoms with E-state index in [1.54, 1.807) is 7.11 Å². The van der Waals surface area contributed by atoms with Crippen molar-refractivity contribution in [3.63, 3.8) is 0 Å². The van der Waals surface area contributed by atoms with E-state index in [0.717, 1.165) is 38.3 Å². The third-order valence-corrected chi connectivity index (χ3v) is 6.56. The Morgan fingerprint density at radius 1 is 1.10 bits per heavy atom. The molecule has 0 saturated carbocycles. The quantitative estimate of drug-likeness (QED) is 0.725. The van der Waals surface area contributed by atoms with Gasteiger partial charge in [0.25, 0.3) is 0 Å². The van der Waals surface area contributed by atoms with E-state index in [4.69, 9.17) is 4.74 Å². The van der Waals surface area contributed by atoms with Gasteiger partial charge < -0.3 is 14.7 Å². The van der Waals surface area contributed by atoms with E-state index in [-0.39, 0.29) is 6.61 Å². The van der Waals surface area contributed by atoms with Crippen molar-refractivity contribution in [1.29, 1.82) is 0 Å². The highest BCUT2D eigenvalue weighted by atomic mass is 16.5. The lowest BCUT2D eigenvalue weighted by Crippen LogP contribution is -2.58. The van der Waals surface area contributed by atoms with Crippen LogP contribution in [0.15, 0.2) is 30.3 Å². The molecule has 0 radical (unpaired) electrons. The monoisotopic (exact) mass is 401 g/mol. The molecule has 3 rings (SSSR count). The van der Waals surface area contributed by atoms with Crippen molar-refractivity contribution >= 4 is 6.08 Å². The molecule has 162 valence electrons. The highest BCUT2D eigenvalue weighted by Gasteiger charge is 2.33. The summed E-state index contributed by atoms with van der Waals surface area (Å²) in [6, 6.07) is 9.98. The smallest absolute Gasteiger partial charge is 0.118 e. The first-order valence-corrected chi connectivity index (χ1v) is 11.2. The van der Waals surface area contributed by atoms with Crippen LogP contribution in [-0.4, -0.2) is 90.9 Å². The first-order chi connectivity index (χ1) is 14.1. The molecule has 1 aromatic carbocycles. The van der Waals surface area contributed by atoms with Crippen molar-refractivity contribution < 1.29 is 9.84 Å². The Morgan fingerprint density at radius 2 is 1.83 bits per heavy atom. The molecule has 0 amide bonds. The number of piperazine rings is 1. The zero-order valence-electron chi connectivity index (χ0n) is 18.5. The minimum absolute atomic E-state index is 0.279. The van der Waals surface area contributed by atoms with Crippen molar-refractivity contribution in [2.75, 3.05) is 53.0 Å². The summed E-state index contributed by atoms with van der Waals surface area (Å²) < 4.78 is 5.22. The Morgan fingerprint density at radius 3 is 2.45 bits per heavy atom. The van der Waals surface area contributed by atoms with Gasteiger partial charge in [0.15, 0.2) is 0 Å². The molecule has 0 aliphatic carbocycles. The summed E-state index contributed by atoms with van der Waals surface area (Å²) >= 11 is 0. The van der Waals surface area contributed by atoms with Crippen molar-refractivity contribution in [2.45, 2.75) is 51.2 Å². The molecule has 1 atom stereocenters. The highest BCUT2D eigenvalue weighted by Crippen LogP contribution is 2.24. The molecule has 29 heavy (non-hydrogen) atoms. The number of methoxy groups -OCH3 is 1. The summed E-state index contributed by atoms with van der Waals surface area (Å²) in [5.74, 6) is 0.893. The van der Waals surface area contributed by atoms with E-state index in [9.17, 15) is 5.11 Å². The van der Waals surface area contributed by atoms with Crippen LogP contribution in [0.5, 0.6) is 5.75 Å². The minimum atomic E-state index is 0.279. The van der Waals surface area contributed by atoms with Gasteiger partial charge in [0.2, 0.25) is 0 Å². The number of nitrogens with zero attached hydrogens (tertiary/aromatic N) is 3. The lowest BCUT2D eigenvalue weighted by Gasteiger charge is -2.48. The Labute approximate surface area is 176 Å². The van der Waals surface area contributed by atoms with Crippen LogP contribution >= 0.6 is 0 Å². The van der Waals surface area contributed by atoms with Crippen molar-refractivity contribution in [2.24, 2.45) is 0 Å². The summed E-state index contributed by atoms with van der Waals surface area (Å²) in [6.45, 7) is 11.5.